The molecule has 5 aliphatic heterocycles. The van der Waals surface area contributed by atoms with Gasteiger partial charge in [0.1, 0.15) is 12.2 Å². The van der Waals surface area contributed by atoms with Crippen LogP contribution in [0.1, 0.15) is 61.3 Å². The number of amides is 1. The lowest BCUT2D eigenvalue weighted by Crippen LogP contribution is -2.65. The van der Waals surface area contributed by atoms with E-state index in [0.717, 1.165) is 85.7 Å². The number of carboxylic acids is 1. The molecule has 5 heterocycles. The number of aliphatic carboxylic acids is 1. The first kappa shape index (κ1) is 41.6. The number of benzene rings is 2. The van der Waals surface area contributed by atoms with Gasteiger partial charge in [-0.25, -0.2) is 0 Å². The van der Waals surface area contributed by atoms with Gasteiger partial charge in [0, 0.05) is 52.1 Å². The first-order valence-corrected chi connectivity index (χ1v) is 23.4. The monoisotopic (exact) mass is 861 g/mol. The predicted octanol–water partition coefficient (Wildman–Crippen LogP) is 3.78. The van der Waals surface area contributed by atoms with Crippen LogP contribution in [0.5, 0.6) is 23.0 Å². The Morgan fingerprint density at radius 3 is 2.32 bits per heavy atom. The van der Waals surface area contributed by atoms with Crippen molar-refractivity contribution >= 4 is 46.3 Å². The minimum Gasteiger partial charge on any atom is -0.493 e. The maximum Gasteiger partial charge on any atom is 0.313 e. The summed E-state index contributed by atoms with van der Waals surface area (Å²) in [6.45, 7) is 4.73. The van der Waals surface area contributed by atoms with Gasteiger partial charge in [-0.1, -0.05) is 36.0 Å². The molecule has 3 saturated heterocycles. The van der Waals surface area contributed by atoms with E-state index in [-0.39, 0.29) is 57.4 Å². The van der Waals surface area contributed by atoms with Crippen molar-refractivity contribution in [2.45, 2.75) is 99.1 Å². The molecule has 4 bridgehead atoms. The largest absolute Gasteiger partial charge is 0.493 e. The maximum atomic E-state index is 12.6. The molecule has 9 aliphatic rings. The average Bonchev–Trinajstić information content (AvgIpc) is 3.92. The number of Topliss-reactive ketones (excluding diaryl/α,β-unsaturated/α-hetero) is 1. The number of hydrogen-bond acceptors (Lipinski definition) is 13. The van der Waals surface area contributed by atoms with Gasteiger partial charge in [-0.15, -0.1) is 11.8 Å². The van der Waals surface area contributed by atoms with E-state index >= 15 is 0 Å². The fourth-order valence-corrected chi connectivity index (χ4v) is 13.7. The molecule has 11 rings (SSSR count). The summed E-state index contributed by atoms with van der Waals surface area (Å²) in [5.41, 5.74) is 5.19. The molecular weight excluding hydrogens is 807 g/mol. The van der Waals surface area contributed by atoms with E-state index in [2.05, 4.69) is 47.4 Å². The molecule has 1 saturated carbocycles. The average molecular weight is 862 g/mol. The zero-order chi connectivity index (χ0) is 42.1. The highest BCUT2D eigenvalue weighted by molar-refractivity contribution is 8.14. The van der Waals surface area contributed by atoms with Crippen molar-refractivity contribution < 1.29 is 48.3 Å². The standard InChI is InChI=1S/C19H23NO3.C18H21NO3.C8H11NO4S2/c1-3-22-15-7-4-11-10-13-12-5-6-14(21)18-19(12,8-9-20(13)2)16(11)17(15)23-18;1-19-8-7-18-11-4-5-13(20)17(18)22-16-14(21-2)6-3-10(15(16)18)9-12(11)19;10-6(3-14-4-7(11)12)9-5-1-2-15-8(5)13/h4-7,12-14,18,21H,3,8-10H2,1-2H3;3,6,11-12,17H,4-5,7-9H2,1-2H3;5H,1-4H2,(H,9,10)(H,11,12)/t12-,13+,14-,18-,19-;11-,12+,17-,18-;/m00./s1. The number of ketones is 1. The Bertz CT molecular complexity index is 2120. The number of nitrogens with one attached hydrogen (secondary N) is 1. The van der Waals surface area contributed by atoms with Gasteiger partial charge < -0.3 is 44.3 Å². The summed E-state index contributed by atoms with van der Waals surface area (Å²) in [5.74, 6) is 4.11. The molecule has 2 spiro atoms. The summed E-state index contributed by atoms with van der Waals surface area (Å²) in [4.78, 5) is 50.1. The van der Waals surface area contributed by atoms with Crippen LogP contribution in [0.3, 0.4) is 0 Å². The van der Waals surface area contributed by atoms with Gasteiger partial charge in [0.2, 0.25) is 11.0 Å². The molecule has 10 atom stereocenters. The number of carboxylic acid groups (broad SMARTS) is 1. The fraction of sp³-hybridized carbons (Fsp3) is 0.600. The molecule has 15 heteroatoms. The summed E-state index contributed by atoms with van der Waals surface area (Å²) in [7, 11) is 6.14. The van der Waals surface area contributed by atoms with E-state index in [1.54, 1.807) is 7.11 Å². The zero-order valence-electron chi connectivity index (χ0n) is 34.6. The highest BCUT2D eigenvalue weighted by Gasteiger charge is 2.66. The van der Waals surface area contributed by atoms with Crippen molar-refractivity contribution in [2.24, 2.45) is 11.8 Å². The summed E-state index contributed by atoms with van der Waals surface area (Å²) in [6.07, 6.45) is 9.69. The Morgan fingerprint density at radius 1 is 0.933 bits per heavy atom. The van der Waals surface area contributed by atoms with E-state index in [4.69, 9.17) is 24.1 Å². The van der Waals surface area contributed by atoms with E-state index in [1.165, 1.54) is 34.0 Å². The number of hydrogen-bond donors (Lipinski definition) is 3. The summed E-state index contributed by atoms with van der Waals surface area (Å²) in [5, 5.41) is 21.5. The first-order chi connectivity index (χ1) is 28.9. The molecular formula is C45H55N3O10S2. The van der Waals surface area contributed by atoms with Crippen LogP contribution < -0.4 is 24.3 Å². The van der Waals surface area contributed by atoms with Crippen molar-refractivity contribution in [1.29, 1.82) is 0 Å². The van der Waals surface area contributed by atoms with Crippen LogP contribution in [0.4, 0.5) is 0 Å². The molecule has 60 heavy (non-hydrogen) atoms. The Hall–Kier alpha value is -3.76. The quantitative estimate of drug-likeness (QED) is 0.329. The second-order valence-electron chi connectivity index (χ2n) is 17.6. The lowest BCUT2D eigenvalue weighted by molar-refractivity contribution is -0.138. The third-order valence-corrected chi connectivity index (χ3v) is 16.7. The molecule has 4 fully saturated rings. The molecule has 4 aliphatic carbocycles. The number of aliphatic hydroxyl groups is 1. The number of carbonyl (C=O) groups is 4. The maximum absolute atomic E-state index is 12.6. The van der Waals surface area contributed by atoms with Crippen molar-refractivity contribution in [3.63, 3.8) is 0 Å². The molecule has 3 N–H and O–H groups in total. The molecule has 2 aromatic rings. The van der Waals surface area contributed by atoms with Gasteiger partial charge in [0.25, 0.3) is 0 Å². The molecule has 1 amide bonds. The van der Waals surface area contributed by atoms with E-state index in [1.807, 2.05) is 25.1 Å². The fourth-order valence-electron chi connectivity index (χ4n) is 12.3. The Kier molecular flexibility index (Phi) is 11.2. The van der Waals surface area contributed by atoms with Gasteiger partial charge in [0.05, 0.1) is 31.3 Å². The highest BCUT2D eigenvalue weighted by Crippen LogP contribution is 2.64. The van der Waals surface area contributed by atoms with Crippen molar-refractivity contribution in [3.8, 4) is 23.0 Å². The molecule has 0 aromatic heterocycles. The topological polar surface area (TPSA) is 164 Å². The third-order valence-electron chi connectivity index (χ3n) is 14.8. The van der Waals surface area contributed by atoms with Crippen molar-refractivity contribution in [3.05, 3.63) is 58.7 Å². The van der Waals surface area contributed by atoms with Crippen molar-refractivity contribution in [1.82, 2.24) is 15.1 Å². The van der Waals surface area contributed by atoms with Gasteiger partial charge in [0.15, 0.2) is 34.9 Å². The van der Waals surface area contributed by atoms with Crippen LogP contribution in [0.2, 0.25) is 0 Å². The minimum absolute atomic E-state index is 0.00779. The van der Waals surface area contributed by atoms with Gasteiger partial charge in [-0.2, -0.15) is 0 Å². The third kappa shape index (κ3) is 6.55. The number of carbonyl (C=O) groups excluding carboxylic acids is 3. The lowest BCUT2D eigenvalue weighted by atomic mass is 9.52. The lowest BCUT2D eigenvalue weighted by Gasteiger charge is -2.57. The SMILES string of the molecule is CCOc1ccc2c3c1O[C@H]1[C@@H](O)C=C[C@H]4[C@@H](C2)N(C)CC[C@@]341.COc1ccc2c3c1O[C@H]1C(=O)CC[C@H]4[C@@H](C2)N(C)CC[C@]314.O=C(O)CSCC(=O)NC1CCSC1=O. The molecule has 322 valence electrons. The second kappa shape index (κ2) is 16.2. The van der Waals surface area contributed by atoms with Gasteiger partial charge in [-0.3, -0.25) is 19.2 Å². The van der Waals surface area contributed by atoms with E-state index in [9.17, 15) is 24.3 Å². The molecule has 1 unspecified atom stereocenters. The molecule has 0 radical (unpaired) electrons. The van der Waals surface area contributed by atoms with Crippen molar-refractivity contribution in [2.75, 3.05) is 58.2 Å². The number of aliphatic hydroxyl groups excluding tert-OH is 1. The number of thioether (sulfide) groups is 2. The van der Waals surface area contributed by atoms with Gasteiger partial charge >= 0.3 is 5.97 Å². The highest BCUT2D eigenvalue weighted by atomic mass is 32.2. The summed E-state index contributed by atoms with van der Waals surface area (Å²) in [6, 6.07) is 9.10. The minimum atomic E-state index is -0.944. The van der Waals surface area contributed by atoms with Crippen LogP contribution in [-0.2, 0) is 42.8 Å². The van der Waals surface area contributed by atoms with Gasteiger partial charge in [-0.05, 0) is 102 Å². The smallest absolute Gasteiger partial charge is 0.313 e. The summed E-state index contributed by atoms with van der Waals surface area (Å²) < 4.78 is 24.0. The Balaban J connectivity index is 0.000000119. The second-order valence-corrected chi connectivity index (χ2v) is 19.7. The first-order valence-electron chi connectivity index (χ1n) is 21.3. The van der Waals surface area contributed by atoms with Crippen LogP contribution in [0.25, 0.3) is 0 Å². The zero-order valence-corrected chi connectivity index (χ0v) is 36.3. The number of rotatable bonds is 8. The predicted molar refractivity (Wildman–Crippen MR) is 228 cm³/mol. The number of ether oxygens (including phenoxy) is 4. The van der Waals surface area contributed by atoms with E-state index in [0.29, 0.717) is 43.4 Å². The number of methoxy groups -OCH3 is 1. The van der Waals surface area contributed by atoms with Crippen LogP contribution in [-0.4, -0.2) is 137 Å². The van der Waals surface area contributed by atoms with Crippen LogP contribution in [0.15, 0.2) is 36.4 Å². The van der Waals surface area contributed by atoms with Crippen LogP contribution in [0, 0.1) is 11.8 Å². The summed E-state index contributed by atoms with van der Waals surface area (Å²) >= 11 is 2.25. The molecule has 13 nitrogen and oxygen atoms in total. The number of likely N-dealkylation sites (N-methyl/N-ethyl adjacent to an activating group) is 2. The normalized spacial score (nSPS) is 34.4. The Labute approximate surface area is 359 Å². The van der Waals surface area contributed by atoms with E-state index < -0.39 is 12.1 Å². The molecule has 2 aromatic carbocycles. The number of likely N-dealkylation sites (tertiary alicyclic amines) is 2. The Morgan fingerprint density at radius 2 is 1.62 bits per heavy atom. The van der Waals surface area contributed by atoms with Crippen LogP contribution >= 0.6 is 23.5 Å². The number of piperidine rings is 2. The number of nitrogens with zero attached hydrogens (tertiary/aromatic N) is 2.